The maximum absolute atomic E-state index is 12.3. The normalized spacial score (nSPS) is 17.1. The van der Waals surface area contributed by atoms with Gasteiger partial charge in [-0.1, -0.05) is 17.7 Å². The molecule has 4 nitrogen and oxygen atoms in total. The summed E-state index contributed by atoms with van der Waals surface area (Å²) in [5.41, 5.74) is 2.62. The first-order chi connectivity index (χ1) is 9.94. The van der Waals surface area contributed by atoms with E-state index in [2.05, 4.69) is 4.72 Å². The van der Waals surface area contributed by atoms with Crippen molar-refractivity contribution in [3.05, 3.63) is 53.6 Å². The van der Waals surface area contributed by atoms with E-state index in [4.69, 9.17) is 4.74 Å². The predicted molar refractivity (Wildman–Crippen MR) is 82.2 cm³/mol. The van der Waals surface area contributed by atoms with Gasteiger partial charge in [-0.15, -0.1) is 0 Å². The highest BCUT2D eigenvalue weighted by Gasteiger charge is 2.20. The second-order valence-electron chi connectivity index (χ2n) is 5.37. The van der Waals surface area contributed by atoms with Crippen LogP contribution in [0.15, 0.2) is 47.4 Å². The predicted octanol–water partition coefficient (Wildman–Crippen LogP) is 3.12. The Bertz CT molecular complexity index is 767. The van der Waals surface area contributed by atoms with Crippen LogP contribution in [0.25, 0.3) is 0 Å². The molecule has 1 atom stereocenters. The molecule has 0 saturated heterocycles. The topological polar surface area (TPSA) is 55.4 Å². The summed E-state index contributed by atoms with van der Waals surface area (Å²) in [7, 11) is -3.55. The molecule has 1 N–H and O–H groups in total. The Balaban J connectivity index is 1.86. The number of benzene rings is 2. The molecule has 0 fully saturated rings. The largest absolute Gasteiger partial charge is 0.490 e. The zero-order valence-electron chi connectivity index (χ0n) is 12.0. The van der Waals surface area contributed by atoms with E-state index in [1.54, 1.807) is 30.3 Å². The maximum Gasteiger partial charge on any atom is 0.261 e. The van der Waals surface area contributed by atoms with Gasteiger partial charge in [0.15, 0.2) is 0 Å². The number of aryl methyl sites for hydroxylation is 1. The van der Waals surface area contributed by atoms with Crippen LogP contribution in [0.2, 0.25) is 0 Å². The monoisotopic (exact) mass is 303 g/mol. The van der Waals surface area contributed by atoms with Crippen LogP contribution in [0, 0.1) is 6.92 Å². The molecule has 2 aromatic carbocycles. The van der Waals surface area contributed by atoms with E-state index in [-0.39, 0.29) is 11.0 Å². The quantitative estimate of drug-likeness (QED) is 0.948. The zero-order chi connectivity index (χ0) is 15.0. The van der Waals surface area contributed by atoms with Gasteiger partial charge >= 0.3 is 0 Å². The van der Waals surface area contributed by atoms with Crippen molar-refractivity contribution in [3.63, 3.8) is 0 Å². The van der Waals surface area contributed by atoms with Crippen LogP contribution in [0.5, 0.6) is 5.75 Å². The molecule has 1 aliphatic rings. The van der Waals surface area contributed by atoms with Crippen molar-refractivity contribution in [1.82, 2.24) is 0 Å². The molecule has 0 spiro atoms. The molecule has 0 radical (unpaired) electrons. The first-order valence-electron chi connectivity index (χ1n) is 6.83. The Morgan fingerprint density at radius 2 is 1.86 bits per heavy atom. The Kier molecular flexibility index (Phi) is 3.37. The standard InChI is InChI=1S/C16H17NO3S/c1-11-3-6-15(7-4-11)21(18,19)17-14-5-8-16-13(10-14)9-12(2)20-16/h3-8,10,12,17H,9H2,1-2H3. The molecule has 0 saturated carbocycles. The summed E-state index contributed by atoms with van der Waals surface area (Å²) in [6.45, 7) is 3.92. The van der Waals surface area contributed by atoms with Crippen molar-refractivity contribution >= 4 is 15.7 Å². The maximum atomic E-state index is 12.3. The van der Waals surface area contributed by atoms with Crippen LogP contribution in [0.4, 0.5) is 5.69 Å². The Morgan fingerprint density at radius 3 is 2.57 bits per heavy atom. The number of anilines is 1. The number of hydrogen-bond acceptors (Lipinski definition) is 3. The minimum absolute atomic E-state index is 0.143. The minimum Gasteiger partial charge on any atom is -0.490 e. The number of hydrogen-bond donors (Lipinski definition) is 1. The van der Waals surface area contributed by atoms with E-state index >= 15 is 0 Å². The van der Waals surface area contributed by atoms with Crippen molar-refractivity contribution in [1.29, 1.82) is 0 Å². The van der Waals surface area contributed by atoms with Gasteiger partial charge in [0.25, 0.3) is 10.0 Å². The van der Waals surface area contributed by atoms with Crippen LogP contribution in [-0.2, 0) is 16.4 Å². The molecule has 2 aromatic rings. The van der Waals surface area contributed by atoms with Gasteiger partial charge in [-0.05, 0) is 49.7 Å². The van der Waals surface area contributed by atoms with Crippen LogP contribution in [0.3, 0.4) is 0 Å². The number of sulfonamides is 1. The van der Waals surface area contributed by atoms with Crippen molar-refractivity contribution in [2.75, 3.05) is 4.72 Å². The SMILES string of the molecule is Cc1ccc(S(=O)(=O)Nc2ccc3c(c2)CC(C)O3)cc1. The van der Waals surface area contributed by atoms with E-state index in [0.29, 0.717) is 5.69 Å². The van der Waals surface area contributed by atoms with Crippen LogP contribution < -0.4 is 9.46 Å². The van der Waals surface area contributed by atoms with E-state index in [9.17, 15) is 8.42 Å². The first kappa shape index (κ1) is 13.9. The third kappa shape index (κ3) is 2.88. The number of ether oxygens (including phenoxy) is 1. The highest BCUT2D eigenvalue weighted by atomic mass is 32.2. The molecule has 0 aliphatic carbocycles. The van der Waals surface area contributed by atoms with Crippen LogP contribution in [0.1, 0.15) is 18.1 Å². The van der Waals surface area contributed by atoms with Gasteiger partial charge in [0, 0.05) is 12.1 Å². The lowest BCUT2D eigenvalue weighted by Gasteiger charge is -2.09. The highest BCUT2D eigenvalue weighted by molar-refractivity contribution is 7.92. The smallest absolute Gasteiger partial charge is 0.261 e. The third-order valence-corrected chi connectivity index (χ3v) is 4.88. The summed E-state index contributed by atoms with van der Waals surface area (Å²) < 4.78 is 32.9. The summed E-state index contributed by atoms with van der Waals surface area (Å²) in [6, 6.07) is 12.2. The average molecular weight is 303 g/mol. The van der Waals surface area contributed by atoms with Crippen molar-refractivity contribution < 1.29 is 13.2 Å². The Hall–Kier alpha value is -2.01. The lowest BCUT2D eigenvalue weighted by atomic mass is 10.1. The fourth-order valence-electron chi connectivity index (χ4n) is 2.42. The molecule has 0 aromatic heterocycles. The second kappa shape index (κ2) is 5.07. The highest BCUT2D eigenvalue weighted by Crippen LogP contribution is 2.31. The molecule has 1 aliphatic heterocycles. The van der Waals surface area contributed by atoms with Crippen molar-refractivity contribution in [3.8, 4) is 5.75 Å². The fourth-order valence-corrected chi connectivity index (χ4v) is 3.47. The molecular weight excluding hydrogens is 286 g/mol. The summed E-state index contributed by atoms with van der Waals surface area (Å²) in [6.07, 6.45) is 0.944. The van der Waals surface area contributed by atoms with Gasteiger partial charge in [-0.25, -0.2) is 8.42 Å². The van der Waals surface area contributed by atoms with E-state index in [1.165, 1.54) is 0 Å². The molecule has 1 heterocycles. The van der Waals surface area contributed by atoms with E-state index < -0.39 is 10.0 Å². The Labute approximate surface area is 124 Å². The van der Waals surface area contributed by atoms with Crippen LogP contribution in [-0.4, -0.2) is 14.5 Å². The average Bonchev–Trinajstić information content (AvgIpc) is 2.78. The molecule has 0 bridgehead atoms. The summed E-state index contributed by atoms with van der Waals surface area (Å²) in [4.78, 5) is 0.262. The minimum atomic E-state index is -3.55. The van der Waals surface area contributed by atoms with Gasteiger partial charge in [0.05, 0.1) is 4.90 Å². The van der Waals surface area contributed by atoms with Crippen LogP contribution >= 0.6 is 0 Å². The van der Waals surface area contributed by atoms with Gasteiger partial charge in [0.2, 0.25) is 0 Å². The van der Waals surface area contributed by atoms with Crippen molar-refractivity contribution in [2.24, 2.45) is 0 Å². The molecule has 0 amide bonds. The summed E-state index contributed by atoms with van der Waals surface area (Å²) in [5, 5.41) is 0. The third-order valence-electron chi connectivity index (χ3n) is 3.48. The van der Waals surface area contributed by atoms with E-state index in [1.807, 2.05) is 26.0 Å². The Morgan fingerprint density at radius 1 is 1.14 bits per heavy atom. The fraction of sp³-hybridized carbons (Fsp3) is 0.250. The molecule has 21 heavy (non-hydrogen) atoms. The first-order valence-corrected chi connectivity index (χ1v) is 8.31. The lowest BCUT2D eigenvalue weighted by Crippen LogP contribution is -2.12. The van der Waals surface area contributed by atoms with Gasteiger partial charge in [0.1, 0.15) is 11.9 Å². The van der Waals surface area contributed by atoms with Gasteiger partial charge in [-0.2, -0.15) is 0 Å². The number of nitrogens with one attached hydrogen (secondary N) is 1. The lowest BCUT2D eigenvalue weighted by molar-refractivity contribution is 0.254. The number of fused-ring (bicyclic) bond motifs is 1. The molecule has 1 unspecified atom stereocenters. The zero-order valence-corrected chi connectivity index (χ0v) is 12.8. The van der Waals surface area contributed by atoms with Gasteiger partial charge < -0.3 is 4.74 Å². The molecule has 110 valence electrons. The summed E-state index contributed by atoms with van der Waals surface area (Å²) in [5.74, 6) is 0.834. The second-order valence-corrected chi connectivity index (χ2v) is 7.06. The summed E-state index contributed by atoms with van der Waals surface area (Å²) >= 11 is 0. The number of rotatable bonds is 3. The van der Waals surface area contributed by atoms with E-state index in [0.717, 1.165) is 23.3 Å². The molecular formula is C16H17NO3S. The van der Waals surface area contributed by atoms with Gasteiger partial charge in [-0.3, -0.25) is 4.72 Å². The van der Waals surface area contributed by atoms with Crippen molar-refractivity contribution in [2.45, 2.75) is 31.3 Å². The molecule has 3 rings (SSSR count). The molecule has 5 heteroatoms.